The normalized spacial score (nSPS) is 10.3. The molecule has 0 amide bonds. The minimum Gasteiger partial charge on any atom is -0.464 e. The maximum Gasteiger partial charge on any atom is 0.359 e. The fourth-order valence-corrected chi connectivity index (χ4v) is 2.59. The monoisotopic (exact) mass is 420 g/mol. The lowest BCUT2D eigenvalue weighted by atomic mass is 10.1. The van der Waals surface area contributed by atoms with Gasteiger partial charge in [0.2, 0.25) is 0 Å². The lowest BCUT2D eigenvalue weighted by molar-refractivity contribution is 0.0490. The first-order valence-corrected chi connectivity index (χ1v) is 9.45. The van der Waals surface area contributed by atoms with Crippen molar-refractivity contribution in [2.75, 3.05) is 13.7 Å². The number of nitriles is 2. The number of carbonyl (C=O) groups excluding carboxylic acids is 2. The van der Waals surface area contributed by atoms with E-state index in [4.69, 9.17) is 20.0 Å². The Hall–Kier alpha value is -4.18. The topological polar surface area (TPSA) is 152 Å². The molecular weight excluding hydrogens is 400 g/mol. The summed E-state index contributed by atoms with van der Waals surface area (Å²) in [6, 6.07) is 3.85. The molecule has 0 fully saturated rings. The van der Waals surface area contributed by atoms with Gasteiger partial charge in [0.15, 0.2) is 11.4 Å². The molecule has 2 aromatic heterocycles. The minimum absolute atomic E-state index is 0.0420. The van der Waals surface area contributed by atoms with E-state index in [-0.39, 0.29) is 30.1 Å². The van der Waals surface area contributed by atoms with Gasteiger partial charge in [-0.05, 0) is 25.3 Å². The van der Waals surface area contributed by atoms with E-state index in [9.17, 15) is 9.59 Å². The summed E-state index contributed by atoms with van der Waals surface area (Å²) in [5.41, 5.74) is 1.52. The zero-order chi connectivity index (χ0) is 22.5. The molecule has 0 saturated heterocycles. The van der Waals surface area contributed by atoms with E-state index < -0.39 is 11.9 Å². The quantitative estimate of drug-likeness (QED) is 0.318. The molecule has 2 aromatic rings. The summed E-state index contributed by atoms with van der Waals surface area (Å²) in [7, 11) is 1.26. The van der Waals surface area contributed by atoms with Crippen LogP contribution in [0, 0.1) is 22.7 Å². The number of carbonyl (C=O) groups is 2. The number of aromatic nitrogens is 4. The van der Waals surface area contributed by atoms with Gasteiger partial charge in [0.1, 0.15) is 0 Å². The minimum atomic E-state index is -0.619. The van der Waals surface area contributed by atoms with Crippen molar-refractivity contribution in [3.63, 3.8) is 0 Å². The summed E-state index contributed by atoms with van der Waals surface area (Å²) in [5.74, 6) is -1.21. The van der Waals surface area contributed by atoms with Crippen molar-refractivity contribution in [2.24, 2.45) is 0 Å². The van der Waals surface area contributed by atoms with Gasteiger partial charge in [-0.1, -0.05) is 0 Å². The summed E-state index contributed by atoms with van der Waals surface area (Å²) in [6.07, 6.45) is 9.22. The van der Waals surface area contributed by atoms with E-state index >= 15 is 0 Å². The first-order chi connectivity index (χ1) is 15.1. The number of unbranched alkanes of at least 4 members (excludes halogenated alkanes) is 1. The molecule has 2 heterocycles. The number of rotatable bonds is 10. The fraction of sp³-hybridized carbons (Fsp3) is 0.333. The summed E-state index contributed by atoms with van der Waals surface area (Å²) < 4.78 is 9.93. The van der Waals surface area contributed by atoms with Gasteiger partial charge in [0.05, 0.1) is 42.9 Å². The molecule has 0 radical (unpaired) electrons. The summed E-state index contributed by atoms with van der Waals surface area (Å²) in [5, 5.41) is 17.4. The van der Waals surface area contributed by atoms with Crippen molar-refractivity contribution < 1.29 is 19.1 Å². The number of hydrogen-bond acceptors (Lipinski definition) is 10. The number of ether oxygens (including phenoxy) is 2. The third-order valence-electron chi connectivity index (χ3n) is 4.04. The van der Waals surface area contributed by atoms with Crippen LogP contribution in [0.25, 0.3) is 6.08 Å². The Kier molecular flexibility index (Phi) is 9.24. The van der Waals surface area contributed by atoms with Gasteiger partial charge in [-0.2, -0.15) is 10.5 Å². The Morgan fingerprint density at radius 2 is 1.87 bits per heavy atom. The molecule has 0 aromatic carbocycles. The molecule has 0 unspecified atom stereocenters. The predicted molar refractivity (Wildman–Crippen MR) is 107 cm³/mol. The highest BCUT2D eigenvalue weighted by molar-refractivity contribution is 5.90. The van der Waals surface area contributed by atoms with E-state index in [1.165, 1.54) is 37.9 Å². The predicted octanol–water partition coefficient (Wildman–Crippen LogP) is 2.23. The number of hydrogen-bond donors (Lipinski definition) is 0. The SMILES string of the molecule is COC(=O)c1ncc(CCCCOC(=O)c2nccnc2/C=C/C#N)nc1CCC#N. The zero-order valence-corrected chi connectivity index (χ0v) is 16.9. The maximum absolute atomic E-state index is 12.2. The average molecular weight is 420 g/mol. The zero-order valence-electron chi connectivity index (χ0n) is 16.9. The second-order valence-corrected chi connectivity index (χ2v) is 6.15. The Labute approximate surface area is 179 Å². The van der Waals surface area contributed by atoms with Gasteiger partial charge >= 0.3 is 11.9 Å². The third-order valence-corrected chi connectivity index (χ3v) is 4.04. The van der Waals surface area contributed by atoms with Crippen molar-refractivity contribution in [3.8, 4) is 12.1 Å². The number of allylic oxidation sites excluding steroid dienone is 1. The Balaban J connectivity index is 1.88. The van der Waals surface area contributed by atoms with Crippen LogP contribution in [-0.4, -0.2) is 45.6 Å². The molecule has 0 aliphatic carbocycles. The molecule has 2 rings (SSSR count). The summed E-state index contributed by atoms with van der Waals surface area (Å²) in [6.45, 7) is 0.172. The average Bonchev–Trinajstić information content (AvgIpc) is 2.80. The van der Waals surface area contributed by atoms with Crippen molar-refractivity contribution in [1.82, 2.24) is 19.9 Å². The highest BCUT2D eigenvalue weighted by Crippen LogP contribution is 2.11. The highest BCUT2D eigenvalue weighted by Gasteiger charge is 2.16. The van der Waals surface area contributed by atoms with E-state index in [0.717, 1.165) is 0 Å². The largest absolute Gasteiger partial charge is 0.464 e. The van der Waals surface area contributed by atoms with E-state index in [1.54, 1.807) is 0 Å². The number of esters is 2. The second-order valence-electron chi connectivity index (χ2n) is 6.15. The molecular formula is C21H20N6O4. The van der Waals surface area contributed by atoms with Crippen LogP contribution in [0.2, 0.25) is 0 Å². The van der Waals surface area contributed by atoms with Crippen LogP contribution in [0.5, 0.6) is 0 Å². The van der Waals surface area contributed by atoms with Gasteiger partial charge in [-0.3, -0.25) is 9.97 Å². The van der Waals surface area contributed by atoms with Gasteiger partial charge in [0, 0.05) is 37.5 Å². The van der Waals surface area contributed by atoms with Gasteiger partial charge in [-0.15, -0.1) is 0 Å². The van der Waals surface area contributed by atoms with Crippen LogP contribution < -0.4 is 0 Å². The van der Waals surface area contributed by atoms with E-state index in [2.05, 4.69) is 19.9 Å². The van der Waals surface area contributed by atoms with Crippen molar-refractivity contribution >= 4 is 18.0 Å². The maximum atomic E-state index is 12.2. The van der Waals surface area contributed by atoms with Crippen LogP contribution in [0.15, 0.2) is 24.7 Å². The molecule has 158 valence electrons. The molecule has 10 nitrogen and oxygen atoms in total. The van der Waals surface area contributed by atoms with Crippen molar-refractivity contribution in [1.29, 1.82) is 10.5 Å². The van der Waals surface area contributed by atoms with Crippen LogP contribution in [0.1, 0.15) is 57.3 Å². The Bertz CT molecular complexity index is 1040. The Morgan fingerprint density at radius 1 is 1.06 bits per heavy atom. The smallest absolute Gasteiger partial charge is 0.359 e. The van der Waals surface area contributed by atoms with Gasteiger partial charge in [-0.25, -0.2) is 19.6 Å². The molecule has 0 atom stereocenters. The van der Waals surface area contributed by atoms with Crippen molar-refractivity contribution in [2.45, 2.75) is 32.1 Å². The molecule has 0 bridgehead atoms. The molecule has 0 spiro atoms. The van der Waals surface area contributed by atoms with E-state index in [1.807, 2.05) is 12.1 Å². The van der Waals surface area contributed by atoms with Crippen LogP contribution >= 0.6 is 0 Å². The lowest BCUT2D eigenvalue weighted by Crippen LogP contribution is -2.13. The van der Waals surface area contributed by atoms with Crippen LogP contribution in [0.3, 0.4) is 0 Å². The lowest BCUT2D eigenvalue weighted by Gasteiger charge is -2.08. The van der Waals surface area contributed by atoms with Crippen molar-refractivity contribution in [3.05, 3.63) is 53.1 Å². The second kappa shape index (κ2) is 12.4. The molecule has 0 aliphatic heterocycles. The first kappa shape index (κ1) is 23.1. The van der Waals surface area contributed by atoms with Gasteiger partial charge < -0.3 is 9.47 Å². The molecule has 31 heavy (non-hydrogen) atoms. The molecule has 10 heteroatoms. The standard InChI is InChI=1S/C21H20N6O4/c1-30-20(28)19-17(8-5-10-23)27-15(14-26-19)6-2-3-13-31-21(29)18-16(7-4-9-22)24-11-12-25-18/h4,7,11-12,14H,2-3,5-6,8,13H2,1H3/b7-4+. The first-order valence-electron chi connectivity index (χ1n) is 9.45. The summed E-state index contributed by atoms with van der Waals surface area (Å²) >= 11 is 0. The molecule has 0 N–H and O–H groups in total. The third kappa shape index (κ3) is 6.98. The van der Waals surface area contributed by atoms with E-state index in [0.29, 0.717) is 37.1 Å². The number of aryl methyl sites for hydroxylation is 2. The molecule has 0 aliphatic rings. The number of methoxy groups -OCH3 is 1. The molecule has 0 saturated carbocycles. The highest BCUT2D eigenvalue weighted by atomic mass is 16.5. The van der Waals surface area contributed by atoms with Crippen LogP contribution in [0.4, 0.5) is 0 Å². The van der Waals surface area contributed by atoms with Gasteiger partial charge in [0.25, 0.3) is 0 Å². The fourth-order valence-electron chi connectivity index (χ4n) is 2.59. The summed E-state index contributed by atoms with van der Waals surface area (Å²) in [4.78, 5) is 40.5. The number of nitrogens with zero attached hydrogens (tertiary/aromatic N) is 6. The Morgan fingerprint density at radius 3 is 2.61 bits per heavy atom. The van der Waals surface area contributed by atoms with Crippen LogP contribution in [-0.2, 0) is 22.3 Å².